The van der Waals surface area contributed by atoms with E-state index in [0.29, 0.717) is 5.56 Å². The van der Waals surface area contributed by atoms with Crippen LogP contribution in [0.4, 0.5) is 18.9 Å². The van der Waals surface area contributed by atoms with Gasteiger partial charge in [-0.2, -0.15) is 0 Å². The SMILES string of the molecule is CS(=O)(=O)CC[C@H](C(=O)Nc1ccc(OC(F)(F)F)cc1)N1Cc2ccccc2C1=O. The van der Waals surface area contributed by atoms with Crippen molar-refractivity contribution in [1.82, 2.24) is 4.90 Å². The molecule has 2 amide bonds. The molecule has 2 aromatic rings. The number of amides is 2. The second-order valence-electron chi connectivity index (χ2n) is 7.09. The first-order valence-electron chi connectivity index (χ1n) is 9.16. The topological polar surface area (TPSA) is 92.8 Å². The lowest BCUT2D eigenvalue weighted by atomic mass is 10.1. The Morgan fingerprint density at radius 1 is 1.16 bits per heavy atom. The van der Waals surface area contributed by atoms with Crippen molar-refractivity contribution in [2.45, 2.75) is 25.4 Å². The van der Waals surface area contributed by atoms with Gasteiger partial charge in [-0.3, -0.25) is 9.59 Å². The molecule has 1 aliphatic rings. The first-order chi connectivity index (χ1) is 14.4. The number of hydrogen-bond acceptors (Lipinski definition) is 5. The summed E-state index contributed by atoms with van der Waals surface area (Å²) in [5.41, 5.74) is 1.33. The zero-order valence-electron chi connectivity index (χ0n) is 16.3. The van der Waals surface area contributed by atoms with Crippen molar-refractivity contribution < 1.29 is 35.9 Å². The minimum Gasteiger partial charge on any atom is -0.406 e. The Morgan fingerprint density at radius 3 is 2.39 bits per heavy atom. The molecule has 0 saturated heterocycles. The molecule has 0 aliphatic carbocycles. The molecule has 0 aromatic heterocycles. The van der Waals surface area contributed by atoms with E-state index in [2.05, 4.69) is 10.1 Å². The van der Waals surface area contributed by atoms with Crippen molar-refractivity contribution in [3.63, 3.8) is 0 Å². The van der Waals surface area contributed by atoms with Crippen LogP contribution in [0.25, 0.3) is 0 Å². The van der Waals surface area contributed by atoms with Gasteiger partial charge in [0.15, 0.2) is 0 Å². The summed E-state index contributed by atoms with van der Waals surface area (Å²) < 4.78 is 63.9. The highest BCUT2D eigenvalue weighted by Gasteiger charge is 2.36. The standard InChI is InChI=1S/C20H19F3N2O5S/c1-31(28,29)11-10-17(25-12-13-4-2-3-5-16(13)19(25)27)18(26)24-14-6-8-15(9-7-14)30-20(21,22)23/h2-9,17H,10-12H2,1H3,(H,24,26)/t17-/m1/s1. The van der Waals surface area contributed by atoms with E-state index in [1.807, 2.05) is 0 Å². The van der Waals surface area contributed by atoms with Gasteiger partial charge in [-0.25, -0.2) is 8.42 Å². The van der Waals surface area contributed by atoms with Crippen LogP contribution in [0, 0.1) is 0 Å². The van der Waals surface area contributed by atoms with Gasteiger partial charge in [0, 0.05) is 24.1 Å². The van der Waals surface area contributed by atoms with Crippen molar-refractivity contribution in [2.24, 2.45) is 0 Å². The monoisotopic (exact) mass is 456 g/mol. The Labute approximate surface area is 176 Å². The lowest BCUT2D eigenvalue weighted by Gasteiger charge is -2.27. The third-order valence-electron chi connectivity index (χ3n) is 4.65. The molecule has 3 rings (SSSR count). The number of fused-ring (bicyclic) bond motifs is 1. The summed E-state index contributed by atoms with van der Waals surface area (Å²) in [5, 5.41) is 2.53. The number of sulfone groups is 1. The zero-order chi connectivity index (χ0) is 22.8. The van der Waals surface area contributed by atoms with Gasteiger partial charge in [0.25, 0.3) is 5.91 Å². The van der Waals surface area contributed by atoms with E-state index < -0.39 is 39.8 Å². The van der Waals surface area contributed by atoms with Gasteiger partial charge in [0.1, 0.15) is 21.6 Å². The summed E-state index contributed by atoms with van der Waals surface area (Å²) in [5.74, 6) is -1.81. The fraction of sp³-hybridized carbons (Fsp3) is 0.300. The molecule has 1 atom stereocenters. The van der Waals surface area contributed by atoms with Crippen molar-refractivity contribution in [1.29, 1.82) is 0 Å². The lowest BCUT2D eigenvalue weighted by molar-refractivity contribution is -0.274. The number of ether oxygens (including phenoxy) is 1. The van der Waals surface area contributed by atoms with Crippen LogP contribution in [0.2, 0.25) is 0 Å². The molecule has 1 heterocycles. The largest absolute Gasteiger partial charge is 0.573 e. The van der Waals surface area contributed by atoms with Gasteiger partial charge in [-0.15, -0.1) is 13.2 Å². The molecule has 31 heavy (non-hydrogen) atoms. The average Bonchev–Trinajstić information content (AvgIpc) is 2.98. The molecule has 0 unspecified atom stereocenters. The fourth-order valence-electron chi connectivity index (χ4n) is 3.25. The fourth-order valence-corrected chi connectivity index (χ4v) is 3.90. The third-order valence-corrected chi connectivity index (χ3v) is 5.62. The van der Waals surface area contributed by atoms with Gasteiger partial charge >= 0.3 is 6.36 Å². The summed E-state index contributed by atoms with van der Waals surface area (Å²) >= 11 is 0. The number of anilines is 1. The highest BCUT2D eigenvalue weighted by molar-refractivity contribution is 7.90. The maximum absolute atomic E-state index is 12.9. The molecular formula is C20H19F3N2O5S. The Morgan fingerprint density at radius 2 is 1.81 bits per heavy atom. The van der Waals surface area contributed by atoms with Gasteiger partial charge in [0.2, 0.25) is 5.91 Å². The Bertz CT molecular complexity index is 1080. The first-order valence-corrected chi connectivity index (χ1v) is 11.2. The molecule has 11 heteroatoms. The van der Waals surface area contributed by atoms with Crippen molar-refractivity contribution in [3.8, 4) is 5.75 Å². The van der Waals surface area contributed by atoms with Crippen LogP contribution in [-0.4, -0.2) is 49.5 Å². The van der Waals surface area contributed by atoms with Crippen LogP contribution >= 0.6 is 0 Å². The lowest BCUT2D eigenvalue weighted by Crippen LogP contribution is -2.45. The number of rotatable bonds is 7. The van der Waals surface area contributed by atoms with Crippen molar-refractivity contribution in [2.75, 3.05) is 17.3 Å². The van der Waals surface area contributed by atoms with Crippen LogP contribution in [0.1, 0.15) is 22.3 Å². The normalized spacial score (nSPS) is 14.8. The van der Waals surface area contributed by atoms with Crippen LogP contribution < -0.4 is 10.1 Å². The number of nitrogens with one attached hydrogen (secondary N) is 1. The molecule has 1 N–H and O–H groups in total. The number of benzene rings is 2. The quantitative estimate of drug-likeness (QED) is 0.692. The highest BCUT2D eigenvalue weighted by atomic mass is 32.2. The van der Waals surface area contributed by atoms with Crippen molar-refractivity contribution >= 4 is 27.3 Å². The summed E-state index contributed by atoms with van der Waals surface area (Å²) in [6.07, 6.45) is -3.94. The molecule has 1 aliphatic heterocycles. The first kappa shape index (κ1) is 22.6. The van der Waals surface area contributed by atoms with E-state index >= 15 is 0 Å². The second kappa shape index (κ2) is 8.58. The molecule has 0 bridgehead atoms. The molecule has 0 spiro atoms. The summed E-state index contributed by atoms with van der Waals surface area (Å²) in [6.45, 7) is 0.148. The van der Waals surface area contributed by atoms with E-state index in [-0.39, 0.29) is 24.4 Å². The summed E-state index contributed by atoms with van der Waals surface area (Å²) in [4.78, 5) is 27.0. The smallest absolute Gasteiger partial charge is 0.406 e. The number of alkyl halides is 3. The molecular weight excluding hydrogens is 437 g/mol. The number of nitrogens with zero attached hydrogens (tertiary/aromatic N) is 1. The molecule has 0 fully saturated rings. The Kier molecular flexibility index (Phi) is 6.25. The van der Waals surface area contributed by atoms with E-state index in [1.54, 1.807) is 24.3 Å². The number of carbonyl (C=O) groups excluding carboxylic acids is 2. The van der Waals surface area contributed by atoms with Crippen LogP contribution in [0.15, 0.2) is 48.5 Å². The highest BCUT2D eigenvalue weighted by Crippen LogP contribution is 2.27. The Balaban J connectivity index is 1.78. The molecule has 2 aromatic carbocycles. The predicted molar refractivity (Wildman–Crippen MR) is 106 cm³/mol. The summed E-state index contributed by atoms with van der Waals surface area (Å²) in [7, 11) is -3.40. The van der Waals surface area contributed by atoms with E-state index in [4.69, 9.17) is 0 Å². The third kappa shape index (κ3) is 5.97. The van der Waals surface area contributed by atoms with Gasteiger partial charge in [-0.1, -0.05) is 18.2 Å². The second-order valence-corrected chi connectivity index (χ2v) is 9.35. The van der Waals surface area contributed by atoms with Gasteiger partial charge < -0.3 is 15.0 Å². The van der Waals surface area contributed by atoms with E-state index in [9.17, 15) is 31.2 Å². The van der Waals surface area contributed by atoms with Crippen LogP contribution in [0.5, 0.6) is 5.75 Å². The maximum atomic E-state index is 12.9. The number of carbonyl (C=O) groups is 2. The molecule has 7 nitrogen and oxygen atoms in total. The average molecular weight is 456 g/mol. The minimum absolute atomic E-state index is 0.125. The molecule has 0 radical (unpaired) electrons. The maximum Gasteiger partial charge on any atom is 0.573 e. The molecule has 166 valence electrons. The Hall–Kier alpha value is -3.08. The predicted octanol–water partition coefficient (Wildman–Crippen LogP) is 2.98. The van der Waals surface area contributed by atoms with Gasteiger partial charge in [-0.05, 0) is 42.3 Å². The zero-order valence-corrected chi connectivity index (χ0v) is 17.2. The molecule has 0 saturated carbocycles. The minimum atomic E-state index is -4.84. The number of hydrogen-bond donors (Lipinski definition) is 1. The van der Waals surface area contributed by atoms with Crippen molar-refractivity contribution in [3.05, 3.63) is 59.7 Å². The van der Waals surface area contributed by atoms with E-state index in [1.165, 1.54) is 17.0 Å². The van der Waals surface area contributed by atoms with E-state index in [0.717, 1.165) is 24.0 Å². The van der Waals surface area contributed by atoms with Crippen LogP contribution in [0.3, 0.4) is 0 Å². The van der Waals surface area contributed by atoms with Gasteiger partial charge in [0.05, 0.1) is 5.75 Å². The van der Waals surface area contributed by atoms with Crippen LogP contribution in [-0.2, 0) is 21.2 Å². The number of halogens is 3. The summed E-state index contributed by atoms with van der Waals surface area (Å²) in [6, 6.07) is 10.2.